The number of hydrogen-bond acceptors (Lipinski definition) is 16. The van der Waals surface area contributed by atoms with Gasteiger partial charge in [0, 0.05) is 59.7 Å². The minimum absolute atomic E-state index is 0.248. The van der Waals surface area contributed by atoms with Crippen LogP contribution in [0.15, 0.2) is 39.2 Å². The lowest BCUT2D eigenvalue weighted by Crippen LogP contribution is -2.32. The second-order valence-electron chi connectivity index (χ2n) is 13.1. The Bertz CT molecular complexity index is 1780. The minimum Gasteiger partial charge on any atom is -0.277 e. The molecule has 0 aliphatic carbocycles. The summed E-state index contributed by atoms with van der Waals surface area (Å²) in [6, 6.07) is 0. The van der Waals surface area contributed by atoms with Crippen LogP contribution >= 0.6 is 94.1 Å². The Kier molecular flexibility index (Phi) is 15.2. The third-order valence-electron chi connectivity index (χ3n) is 9.51. The van der Waals surface area contributed by atoms with E-state index in [4.69, 9.17) is 0 Å². The number of nitrogens with zero attached hydrogens (tertiary/aromatic N) is 4. The lowest BCUT2D eigenvalue weighted by atomic mass is 10.2. The van der Waals surface area contributed by atoms with Gasteiger partial charge in [0.2, 0.25) is 0 Å². The Morgan fingerprint density at radius 1 is 0.446 bits per heavy atom. The second-order valence-corrected chi connectivity index (χ2v) is 23.3. The number of rotatable bonds is 12. The molecule has 0 saturated carbocycles. The summed E-state index contributed by atoms with van der Waals surface area (Å²) >= 11 is 10.1. The molecule has 56 heavy (non-hydrogen) atoms. The quantitative estimate of drug-likeness (QED) is 0.216. The molecular weight excluding hydrogens is 873 g/mol. The van der Waals surface area contributed by atoms with Gasteiger partial charge in [-0.25, -0.2) is 0 Å². The molecule has 6 atom stereocenters. The van der Waals surface area contributed by atoms with Gasteiger partial charge in [-0.3, -0.25) is 58.0 Å². The van der Waals surface area contributed by atoms with Crippen LogP contribution in [0.5, 0.6) is 0 Å². The van der Waals surface area contributed by atoms with Crippen molar-refractivity contribution in [1.29, 1.82) is 0 Å². The highest BCUT2D eigenvalue weighted by atomic mass is 32.2. The molecule has 0 aromatic rings. The standard InChI is InChI=1S/C36H44N4O8S8/c1-11-17(53-23-21(49-13-3)29(41)37(7)31(23)43)19-15(5)51-25-26(34(46)39(9)33(25)45)52-16(6)20(56-28-27(55-19)35(47)40(10)36(28)48)18(12-2)54-24-22(50-14-4)30(42)38(8)32(24)44/h15-20H,11-14H2,1-10H3/t15-,16-,17-,18+,19+,20+/m0/s1. The van der Waals surface area contributed by atoms with Crippen LogP contribution in [0.3, 0.4) is 0 Å². The van der Waals surface area contributed by atoms with E-state index in [1.807, 2.05) is 41.5 Å². The van der Waals surface area contributed by atoms with Crippen LogP contribution in [-0.2, 0) is 38.4 Å². The zero-order chi connectivity index (χ0) is 41.5. The predicted octanol–water partition coefficient (Wildman–Crippen LogP) is 5.82. The first-order valence-corrected chi connectivity index (χ1v) is 25.2. The molecule has 0 unspecified atom stereocenters. The lowest BCUT2D eigenvalue weighted by molar-refractivity contribution is -0.136. The molecule has 12 nitrogen and oxygen atoms in total. The van der Waals surface area contributed by atoms with Crippen LogP contribution in [0.4, 0.5) is 0 Å². The van der Waals surface area contributed by atoms with Crippen molar-refractivity contribution in [3.05, 3.63) is 39.2 Å². The Balaban J connectivity index is 1.67. The van der Waals surface area contributed by atoms with Crippen LogP contribution in [0.25, 0.3) is 0 Å². The Morgan fingerprint density at radius 3 is 1.00 bits per heavy atom. The van der Waals surface area contributed by atoms with Crippen LogP contribution in [0.1, 0.15) is 54.4 Å². The van der Waals surface area contributed by atoms with Gasteiger partial charge in [0.25, 0.3) is 47.3 Å². The molecule has 20 heteroatoms. The fourth-order valence-corrected chi connectivity index (χ4v) is 17.9. The van der Waals surface area contributed by atoms with E-state index >= 15 is 0 Å². The van der Waals surface area contributed by atoms with Gasteiger partial charge in [0.15, 0.2) is 0 Å². The number of amides is 8. The Hall–Kier alpha value is -1.68. The smallest absolute Gasteiger partial charge is 0.268 e. The van der Waals surface area contributed by atoms with Crippen molar-refractivity contribution in [3.63, 3.8) is 0 Å². The molecule has 0 aromatic carbocycles. The van der Waals surface area contributed by atoms with Gasteiger partial charge in [-0.05, 0) is 24.3 Å². The zero-order valence-electron chi connectivity index (χ0n) is 32.6. The molecule has 8 amide bonds. The van der Waals surface area contributed by atoms with Crippen LogP contribution in [0, 0.1) is 0 Å². The normalized spacial score (nSPS) is 26.8. The van der Waals surface area contributed by atoms with Gasteiger partial charge in [-0.15, -0.1) is 94.1 Å². The second kappa shape index (κ2) is 18.7. The third kappa shape index (κ3) is 8.37. The van der Waals surface area contributed by atoms with E-state index in [0.717, 1.165) is 19.6 Å². The first-order valence-electron chi connectivity index (χ1n) is 18.0. The maximum Gasteiger partial charge on any atom is 0.268 e. The Morgan fingerprint density at radius 2 is 0.714 bits per heavy atom. The molecule has 0 radical (unpaired) electrons. The molecule has 0 bridgehead atoms. The zero-order valence-corrected chi connectivity index (χ0v) is 39.1. The molecule has 304 valence electrons. The summed E-state index contributed by atoms with van der Waals surface area (Å²) in [7, 11) is 5.79. The molecule has 0 spiro atoms. The van der Waals surface area contributed by atoms with E-state index in [9.17, 15) is 38.4 Å². The van der Waals surface area contributed by atoms with Gasteiger partial charge in [0.05, 0.1) is 39.2 Å². The first kappa shape index (κ1) is 45.4. The topological polar surface area (TPSA) is 150 Å². The summed E-state index contributed by atoms with van der Waals surface area (Å²) in [5, 5.41) is -2.56. The van der Waals surface area contributed by atoms with Crippen molar-refractivity contribution in [1.82, 2.24) is 19.6 Å². The highest BCUT2D eigenvalue weighted by molar-refractivity contribution is 8.14. The number of hydrogen-bond donors (Lipinski definition) is 0. The molecular formula is C36H44N4O8S8. The number of carbonyl (C=O) groups is 8. The van der Waals surface area contributed by atoms with Gasteiger partial charge in [-0.2, -0.15) is 0 Å². The minimum atomic E-state index is -0.492. The first-order chi connectivity index (χ1) is 26.4. The van der Waals surface area contributed by atoms with Crippen molar-refractivity contribution in [2.75, 3.05) is 39.7 Å². The molecule has 5 aliphatic heterocycles. The van der Waals surface area contributed by atoms with Crippen molar-refractivity contribution >= 4 is 141 Å². The van der Waals surface area contributed by atoms with Crippen LogP contribution in [0.2, 0.25) is 0 Å². The summed E-state index contributed by atoms with van der Waals surface area (Å²) in [6.07, 6.45) is 1.02. The highest BCUT2D eigenvalue weighted by Crippen LogP contribution is 2.53. The highest BCUT2D eigenvalue weighted by Gasteiger charge is 2.48. The van der Waals surface area contributed by atoms with Crippen molar-refractivity contribution < 1.29 is 38.4 Å². The Labute approximate surface area is 361 Å². The molecule has 5 rings (SSSR count). The third-order valence-corrected chi connectivity index (χ3v) is 21.5. The van der Waals surface area contributed by atoms with Crippen molar-refractivity contribution in [2.24, 2.45) is 0 Å². The van der Waals surface area contributed by atoms with Crippen LogP contribution < -0.4 is 0 Å². The van der Waals surface area contributed by atoms with Crippen molar-refractivity contribution in [2.45, 2.75) is 85.9 Å². The number of likely N-dealkylation sites (N-methyl/N-ethyl adjacent to an activating group) is 4. The summed E-state index contributed by atoms with van der Waals surface area (Å²) in [5.74, 6) is -2.20. The van der Waals surface area contributed by atoms with E-state index in [1.165, 1.54) is 122 Å². The van der Waals surface area contributed by atoms with E-state index in [-0.39, 0.29) is 41.9 Å². The fraction of sp³-hybridized carbons (Fsp3) is 0.556. The van der Waals surface area contributed by atoms with E-state index in [1.54, 1.807) is 0 Å². The summed E-state index contributed by atoms with van der Waals surface area (Å²) < 4.78 is 0. The van der Waals surface area contributed by atoms with E-state index in [2.05, 4.69) is 0 Å². The number of carbonyl (C=O) groups excluding carboxylic acids is 8. The van der Waals surface area contributed by atoms with E-state index < -0.39 is 56.4 Å². The average molecular weight is 917 g/mol. The molecule has 5 heterocycles. The SMILES string of the molecule is CCSC1=C(S[C@@H](CC)[C@@H]2SC3=C(S[C@@H]([C@@H](CC)SC4=C(SCC)C(=O)N(C)C4=O)[C@H](C)SC4=C(S[C@H]2C)C(=O)N(C)C4=O)C(=O)N(C)C3=O)C(=O)N(C)C1=O. The number of imide groups is 4. The average Bonchev–Trinajstić information content (AvgIpc) is 3.67. The maximum atomic E-state index is 14.1. The van der Waals surface area contributed by atoms with E-state index in [0.29, 0.717) is 44.0 Å². The monoisotopic (exact) mass is 916 g/mol. The van der Waals surface area contributed by atoms with Gasteiger partial charge in [-0.1, -0.05) is 41.5 Å². The van der Waals surface area contributed by atoms with Gasteiger partial charge < -0.3 is 0 Å². The fourth-order valence-electron chi connectivity index (χ4n) is 6.33. The summed E-state index contributed by atoms with van der Waals surface area (Å²) in [4.78, 5) is 116. The number of thioether (sulfide) groups is 8. The van der Waals surface area contributed by atoms with Gasteiger partial charge in [0.1, 0.15) is 0 Å². The molecule has 0 fully saturated rings. The molecule has 0 saturated heterocycles. The summed E-state index contributed by atoms with van der Waals surface area (Å²) in [5.41, 5.74) is 0. The van der Waals surface area contributed by atoms with Gasteiger partial charge >= 0.3 is 0 Å². The summed E-state index contributed by atoms with van der Waals surface area (Å²) in [6.45, 7) is 11.5. The van der Waals surface area contributed by atoms with Crippen LogP contribution in [-0.4, -0.2) is 138 Å². The molecule has 0 N–H and O–H groups in total. The lowest BCUT2D eigenvalue weighted by Gasteiger charge is -2.33. The maximum absolute atomic E-state index is 14.1. The van der Waals surface area contributed by atoms with Crippen molar-refractivity contribution in [3.8, 4) is 0 Å². The predicted molar refractivity (Wildman–Crippen MR) is 236 cm³/mol. The molecule has 0 aromatic heterocycles. The molecule has 5 aliphatic rings. The largest absolute Gasteiger partial charge is 0.277 e.